The van der Waals surface area contributed by atoms with Crippen molar-refractivity contribution < 1.29 is 13.2 Å². The molecule has 278 valence electrons. The molecule has 0 amide bonds. The monoisotopic (exact) mass is 757 g/mol. The second kappa shape index (κ2) is 13.4. The Bertz CT molecular complexity index is 3320. The molecule has 0 aliphatic heterocycles. The zero-order chi connectivity index (χ0) is 39.7. The van der Waals surface area contributed by atoms with E-state index in [2.05, 4.69) is 102 Å². The Balaban J connectivity index is 1.27. The van der Waals surface area contributed by atoms with Crippen LogP contribution in [0.1, 0.15) is 22.3 Å². The number of fused-ring (bicyclic) bond motifs is 6. The fraction of sp³-hybridized carbons (Fsp3) is 0.0577. The van der Waals surface area contributed by atoms with Gasteiger partial charge in [0.05, 0.1) is 50.6 Å². The van der Waals surface area contributed by atoms with E-state index in [9.17, 15) is 18.4 Å². The number of rotatable bonds is 5. The zero-order valence-corrected chi connectivity index (χ0v) is 31.6. The van der Waals surface area contributed by atoms with Gasteiger partial charge in [-0.1, -0.05) is 103 Å². The molecule has 0 fully saturated rings. The summed E-state index contributed by atoms with van der Waals surface area (Å²) in [7, 11) is 0. The Labute approximate surface area is 333 Å². The summed E-state index contributed by atoms with van der Waals surface area (Å²) in [6.07, 6.45) is -4.60. The third kappa shape index (κ3) is 5.58. The van der Waals surface area contributed by atoms with Gasteiger partial charge in [-0.3, -0.25) is 0 Å². The average molecular weight is 758 g/mol. The first-order valence-corrected chi connectivity index (χ1v) is 19.1. The number of para-hydroxylation sites is 2. The van der Waals surface area contributed by atoms with Crippen molar-refractivity contribution in [2.24, 2.45) is 0 Å². The lowest BCUT2D eigenvalue weighted by Gasteiger charge is -2.20. The molecule has 0 N–H and O–H groups in total. The standard InChI is InChI=1S/C52H34F3N3/c1-32-11-3-5-13-38(32)35-20-24-48-43(28-35)40-15-7-9-17-46(40)57(48)50-26-22-37(52(53,54)55)30-45(50)42-23-19-34(31-56)27-51(42)58-47-18-10-8-16-41(47)44-29-36(21-25-49(44)58)39-14-6-4-12-33(39)2/h3-30H,1-2H3. The Morgan fingerprint density at radius 2 is 0.931 bits per heavy atom. The SMILES string of the molecule is Cc1ccccc1-c1ccc2c(c1)c1ccccc1n2-c1ccc(C(F)(F)F)cc1-c1ccc(C#N)cc1-n1c2ccccc2c2cc(-c3ccccc3C)ccc21. The summed E-state index contributed by atoms with van der Waals surface area (Å²) >= 11 is 0. The van der Waals surface area contributed by atoms with Crippen molar-refractivity contribution in [1.29, 1.82) is 5.26 Å². The smallest absolute Gasteiger partial charge is 0.309 e. The first kappa shape index (κ1) is 35.1. The largest absolute Gasteiger partial charge is 0.416 e. The van der Waals surface area contributed by atoms with Gasteiger partial charge in [0.25, 0.3) is 0 Å². The molecule has 0 aliphatic carbocycles. The van der Waals surface area contributed by atoms with Crippen LogP contribution < -0.4 is 0 Å². The number of halogens is 3. The number of nitrogens with zero attached hydrogens (tertiary/aromatic N) is 3. The van der Waals surface area contributed by atoms with E-state index in [0.717, 1.165) is 83.1 Å². The Morgan fingerprint density at radius 1 is 0.431 bits per heavy atom. The van der Waals surface area contributed by atoms with Crippen LogP contribution in [0.3, 0.4) is 0 Å². The summed E-state index contributed by atoms with van der Waals surface area (Å²) in [4.78, 5) is 0. The highest BCUT2D eigenvalue weighted by atomic mass is 19.4. The molecule has 58 heavy (non-hydrogen) atoms. The van der Waals surface area contributed by atoms with Crippen molar-refractivity contribution in [1.82, 2.24) is 9.13 Å². The highest BCUT2D eigenvalue weighted by Gasteiger charge is 2.32. The highest BCUT2D eigenvalue weighted by Crippen LogP contribution is 2.44. The Kier molecular flexibility index (Phi) is 8.10. The fourth-order valence-corrected chi connectivity index (χ4v) is 8.73. The van der Waals surface area contributed by atoms with Crippen LogP contribution in [0.15, 0.2) is 170 Å². The van der Waals surface area contributed by atoms with Crippen LogP contribution in [0.5, 0.6) is 0 Å². The molecule has 0 saturated carbocycles. The van der Waals surface area contributed by atoms with Gasteiger partial charge in [-0.2, -0.15) is 18.4 Å². The molecule has 6 heteroatoms. The van der Waals surface area contributed by atoms with Crippen LogP contribution >= 0.6 is 0 Å². The maximum atomic E-state index is 14.8. The van der Waals surface area contributed by atoms with Crippen molar-refractivity contribution in [3.8, 4) is 50.8 Å². The van der Waals surface area contributed by atoms with Crippen LogP contribution in [-0.4, -0.2) is 9.13 Å². The third-order valence-corrected chi connectivity index (χ3v) is 11.5. The van der Waals surface area contributed by atoms with Crippen LogP contribution in [-0.2, 0) is 6.18 Å². The summed E-state index contributed by atoms with van der Waals surface area (Å²) in [5.41, 5.74) is 12.0. The van der Waals surface area contributed by atoms with Crippen molar-refractivity contribution >= 4 is 43.6 Å². The molecule has 0 unspecified atom stereocenters. The van der Waals surface area contributed by atoms with Gasteiger partial charge in [0.2, 0.25) is 0 Å². The molecule has 0 saturated heterocycles. The molecule has 2 aromatic heterocycles. The second-order valence-electron chi connectivity index (χ2n) is 14.9. The van der Waals surface area contributed by atoms with Gasteiger partial charge in [0.15, 0.2) is 0 Å². The summed E-state index contributed by atoms with van der Waals surface area (Å²) in [5, 5.41) is 14.2. The molecule has 10 rings (SSSR count). The maximum absolute atomic E-state index is 14.8. The molecule has 0 radical (unpaired) electrons. The molecular formula is C52H34F3N3. The van der Waals surface area contributed by atoms with Crippen LogP contribution in [0.2, 0.25) is 0 Å². The molecule has 0 atom stereocenters. The summed E-state index contributed by atoms with van der Waals surface area (Å²) in [6.45, 7) is 4.18. The number of hydrogen-bond acceptors (Lipinski definition) is 1. The van der Waals surface area contributed by atoms with Gasteiger partial charge in [-0.25, -0.2) is 0 Å². The van der Waals surface area contributed by atoms with E-state index in [-0.39, 0.29) is 0 Å². The quantitative estimate of drug-likeness (QED) is 0.172. The van der Waals surface area contributed by atoms with E-state index in [1.807, 2.05) is 60.7 Å². The number of alkyl halides is 3. The van der Waals surface area contributed by atoms with Crippen molar-refractivity contribution in [3.05, 3.63) is 192 Å². The first-order chi connectivity index (χ1) is 28.2. The topological polar surface area (TPSA) is 33.6 Å². The summed E-state index contributed by atoms with van der Waals surface area (Å²) in [6, 6.07) is 56.8. The summed E-state index contributed by atoms with van der Waals surface area (Å²) in [5.74, 6) is 0. The molecule has 0 spiro atoms. The van der Waals surface area contributed by atoms with Gasteiger partial charge in [0.1, 0.15) is 0 Å². The number of aromatic nitrogens is 2. The van der Waals surface area contributed by atoms with Crippen molar-refractivity contribution in [3.63, 3.8) is 0 Å². The van der Waals surface area contributed by atoms with Gasteiger partial charge < -0.3 is 9.13 Å². The van der Waals surface area contributed by atoms with Gasteiger partial charge >= 0.3 is 6.18 Å². The number of nitriles is 1. The normalized spacial score (nSPS) is 11.9. The molecule has 10 aromatic rings. The van der Waals surface area contributed by atoms with E-state index in [0.29, 0.717) is 28.1 Å². The minimum Gasteiger partial charge on any atom is -0.309 e. The van der Waals surface area contributed by atoms with Gasteiger partial charge in [0, 0.05) is 32.7 Å². The van der Waals surface area contributed by atoms with Crippen molar-refractivity contribution in [2.75, 3.05) is 0 Å². The van der Waals surface area contributed by atoms with Crippen LogP contribution in [0.4, 0.5) is 13.2 Å². The molecule has 2 heterocycles. The molecule has 3 nitrogen and oxygen atoms in total. The maximum Gasteiger partial charge on any atom is 0.416 e. The van der Waals surface area contributed by atoms with Gasteiger partial charge in [-0.15, -0.1) is 0 Å². The van der Waals surface area contributed by atoms with E-state index in [1.165, 1.54) is 6.07 Å². The summed E-state index contributed by atoms with van der Waals surface area (Å²) < 4.78 is 48.5. The number of aryl methyl sites for hydroxylation is 2. The lowest BCUT2D eigenvalue weighted by Crippen LogP contribution is -2.08. The minimum absolute atomic E-state index is 0.391. The highest BCUT2D eigenvalue weighted by molar-refractivity contribution is 6.13. The van der Waals surface area contributed by atoms with E-state index < -0.39 is 11.7 Å². The van der Waals surface area contributed by atoms with Gasteiger partial charge in [-0.05, 0) is 114 Å². The van der Waals surface area contributed by atoms with E-state index in [1.54, 1.807) is 24.3 Å². The fourth-order valence-electron chi connectivity index (χ4n) is 8.73. The molecule has 8 aromatic carbocycles. The number of hydrogen-bond donors (Lipinski definition) is 0. The third-order valence-electron chi connectivity index (χ3n) is 11.5. The molecular weight excluding hydrogens is 724 g/mol. The predicted molar refractivity (Wildman–Crippen MR) is 231 cm³/mol. The Morgan fingerprint density at radius 3 is 1.47 bits per heavy atom. The average Bonchev–Trinajstić information content (AvgIpc) is 3.75. The zero-order valence-electron chi connectivity index (χ0n) is 31.6. The van der Waals surface area contributed by atoms with E-state index in [4.69, 9.17) is 0 Å². The van der Waals surface area contributed by atoms with E-state index >= 15 is 0 Å². The van der Waals surface area contributed by atoms with Crippen LogP contribution in [0, 0.1) is 25.2 Å². The first-order valence-electron chi connectivity index (χ1n) is 19.1. The predicted octanol–water partition coefficient (Wildman–Crippen LogP) is 14.4. The number of benzene rings is 8. The molecule has 0 aliphatic rings. The minimum atomic E-state index is -4.60. The second-order valence-corrected chi connectivity index (χ2v) is 14.9. The molecule has 0 bridgehead atoms. The van der Waals surface area contributed by atoms with Crippen molar-refractivity contribution in [2.45, 2.75) is 20.0 Å². The lowest BCUT2D eigenvalue weighted by molar-refractivity contribution is -0.137. The lowest BCUT2D eigenvalue weighted by atomic mass is 9.96. The Hall–Kier alpha value is -7.36. The van der Waals surface area contributed by atoms with Crippen LogP contribution in [0.25, 0.3) is 88.4 Å².